The molecule has 11 heavy (non-hydrogen) atoms. The Labute approximate surface area is 63.7 Å². The van der Waals surface area contributed by atoms with Crippen LogP contribution in [-0.2, 0) is 18.3 Å². The third kappa shape index (κ3) is 4.78. The number of rotatable bonds is 3. The molecular weight excluding hydrogens is 175 g/mol. The molecule has 0 bridgehead atoms. The largest absolute Gasteiger partial charge is 0.531 e. The van der Waals surface area contributed by atoms with E-state index >= 15 is 0 Å². The van der Waals surface area contributed by atoms with Crippen LogP contribution in [0.3, 0.4) is 0 Å². The van der Waals surface area contributed by atoms with Gasteiger partial charge in [0.05, 0.1) is 13.7 Å². The summed E-state index contributed by atoms with van der Waals surface area (Å²) < 4.78 is 22.6. The van der Waals surface area contributed by atoms with Crippen molar-refractivity contribution in [1.29, 1.82) is 0 Å². The highest BCUT2D eigenvalue weighted by Crippen LogP contribution is 2.43. The first-order valence-electron chi connectivity index (χ1n) is 2.76. The summed E-state index contributed by atoms with van der Waals surface area (Å²) >= 11 is 0. The normalized spacial score (nSPS) is 15.2. The quantitative estimate of drug-likeness (QED) is 0.518. The number of carbonyl (C=O) groups excluding carboxylic acids is 1. The Morgan fingerprint density at radius 1 is 1.64 bits per heavy atom. The van der Waals surface area contributed by atoms with E-state index in [4.69, 9.17) is 4.89 Å². The minimum Gasteiger partial charge on any atom is -0.437 e. The Morgan fingerprint density at radius 2 is 2.18 bits per heavy atom. The van der Waals surface area contributed by atoms with Crippen LogP contribution in [0.1, 0.15) is 6.92 Å². The van der Waals surface area contributed by atoms with E-state index in [1.54, 1.807) is 0 Å². The van der Waals surface area contributed by atoms with Gasteiger partial charge in [-0.05, 0) is 6.92 Å². The number of methoxy groups -OCH3 is 1. The zero-order valence-electron chi connectivity index (χ0n) is 6.14. The molecule has 0 radical (unpaired) electrons. The first kappa shape index (κ1) is 10.4. The van der Waals surface area contributed by atoms with Crippen molar-refractivity contribution < 1.29 is 28.0 Å². The van der Waals surface area contributed by atoms with Gasteiger partial charge in [-0.1, -0.05) is 0 Å². The van der Waals surface area contributed by atoms with Gasteiger partial charge in [0.1, 0.15) is 0 Å². The highest BCUT2D eigenvalue weighted by molar-refractivity contribution is 7.48. The van der Waals surface area contributed by atoms with E-state index in [-0.39, 0.29) is 6.61 Å². The van der Waals surface area contributed by atoms with Crippen molar-refractivity contribution in [1.82, 2.24) is 0 Å². The van der Waals surface area contributed by atoms with E-state index in [2.05, 4.69) is 13.8 Å². The Bertz CT molecular complexity index is 177. The molecule has 0 aromatic rings. The maximum Gasteiger partial charge on any atom is 0.531 e. The maximum atomic E-state index is 10.6. The molecule has 1 atom stereocenters. The van der Waals surface area contributed by atoms with Crippen LogP contribution < -0.4 is 0 Å². The molecule has 0 aliphatic heterocycles. The molecule has 0 rings (SSSR count). The van der Waals surface area contributed by atoms with E-state index < -0.39 is 14.0 Å². The van der Waals surface area contributed by atoms with E-state index in [0.717, 1.165) is 7.11 Å². The van der Waals surface area contributed by atoms with Gasteiger partial charge in [0.2, 0.25) is 0 Å². The lowest BCUT2D eigenvalue weighted by Crippen LogP contribution is -2.03. The van der Waals surface area contributed by atoms with Crippen LogP contribution in [0.2, 0.25) is 0 Å². The molecule has 7 heteroatoms. The molecule has 1 N–H and O–H groups in total. The van der Waals surface area contributed by atoms with Crippen LogP contribution in [0.4, 0.5) is 4.79 Å². The average Bonchev–Trinajstić information content (AvgIpc) is 1.86. The second kappa shape index (κ2) is 4.33. The van der Waals surface area contributed by atoms with Gasteiger partial charge in [0.15, 0.2) is 0 Å². The van der Waals surface area contributed by atoms with Gasteiger partial charge in [-0.25, -0.2) is 9.36 Å². The average molecular weight is 184 g/mol. The van der Waals surface area contributed by atoms with Crippen molar-refractivity contribution in [2.24, 2.45) is 0 Å². The number of hydrogen-bond donors (Lipinski definition) is 1. The van der Waals surface area contributed by atoms with Crippen molar-refractivity contribution in [2.45, 2.75) is 6.92 Å². The second-order valence-electron chi connectivity index (χ2n) is 1.43. The molecule has 0 aliphatic carbocycles. The molecule has 1 unspecified atom stereocenters. The molecule has 0 aromatic carbocycles. The van der Waals surface area contributed by atoms with E-state index in [0.29, 0.717) is 0 Å². The fraction of sp³-hybridized carbons (Fsp3) is 0.750. The molecule has 0 aromatic heterocycles. The predicted octanol–water partition coefficient (Wildman–Crippen LogP) is 0.906. The summed E-state index contributed by atoms with van der Waals surface area (Å²) in [5, 5.41) is 0. The Morgan fingerprint density at radius 3 is 2.55 bits per heavy atom. The molecule has 6 nitrogen and oxygen atoms in total. The van der Waals surface area contributed by atoms with Gasteiger partial charge in [-0.3, -0.25) is 9.42 Å². The summed E-state index contributed by atoms with van der Waals surface area (Å²) in [4.78, 5) is 18.9. The molecule has 0 aliphatic rings. The highest BCUT2D eigenvalue weighted by atomic mass is 31.2. The van der Waals surface area contributed by atoms with Crippen molar-refractivity contribution >= 4 is 14.0 Å². The van der Waals surface area contributed by atoms with Crippen LogP contribution in [0.25, 0.3) is 0 Å². The molecule has 0 fully saturated rings. The number of carbonyl (C=O) groups is 1. The monoisotopic (exact) mass is 184 g/mol. The van der Waals surface area contributed by atoms with Gasteiger partial charge in [0, 0.05) is 0 Å². The first-order valence-corrected chi connectivity index (χ1v) is 4.26. The van der Waals surface area contributed by atoms with Gasteiger partial charge in [0.25, 0.3) is 0 Å². The highest BCUT2D eigenvalue weighted by Gasteiger charge is 2.25. The molecule has 0 saturated carbocycles. The second-order valence-corrected chi connectivity index (χ2v) is 2.81. The minimum atomic E-state index is -4.24. The standard InChI is InChI=1S/C4H9O6P/c1-3-9-11(6,7)10-4(5)8-2/h3H2,1-2H3,(H,6,7). The molecule has 66 valence electrons. The number of hydrogen-bond acceptors (Lipinski definition) is 5. The fourth-order valence-corrected chi connectivity index (χ4v) is 0.963. The minimum absolute atomic E-state index is 0.0230. The van der Waals surface area contributed by atoms with E-state index in [1.165, 1.54) is 6.92 Å². The topological polar surface area (TPSA) is 82.1 Å². The van der Waals surface area contributed by atoms with Gasteiger partial charge >= 0.3 is 14.0 Å². The van der Waals surface area contributed by atoms with Crippen molar-refractivity contribution in [3.05, 3.63) is 0 Å². The lowest BCUT2D eigenvalue weighted by atomic mass is 10.9. The Hall–Kier alpha value is -0.580. The summed E-state index contributed by atoms with van der Waals surface area (Å²) in [5.74, 6) is 0. The van der Waals surface area contributed by atoms with Crippen molar-refractivity contribution in [2.75, 3.05) is 13.7 Å². The number of phosphoric acid groups is 1. The van der Waals surface area contributed by atoms with Crippen LogP contribution in [0.5, 0.6) is 0 Å². The van der Waals surface area contributed by atoms with Crippen LogP contribution in [0.15, 0.2) is 0 Å². The number of ether oxygens (including phenoxy) is 1. The lowest BCUT2D eigenvalue weighted by Gasteiger charge is -2.08. The molecule has 0 spiro atoms. The van der Waals surface area contributed by atoms with Gasteiger partial charge < -0.3 is 9.26 Å². The smallest absolute Gasteiger partial charge is 0.437 e. The Balaban J connectivity index is 3.91. The molecule has 0 heterocycles. The molecular formula is C4H9O6P. The van der Waals surface area contributed by atoms with E-state index in [1.807, 2.05) is 0 Å². The first-order chi connectivity index (χ1) is 5.02. The van der Waals surface area contributed by atoms with Crippen molar-refractivity contribution in [3.8, 4) is 0 Å². The van der Waals surface area contributed by atoms with Gasteiger partial charge in [-0.2, -0.15) is 0 Å². The molecule has 0 saturated heterocycles. The predicted molar refractivity (Wildman–Crippen MR) is 34.9 cm³/mol. The number of phosphoric ester groups is 1. The summed E-state index contributed by atoms with van der Waals surface area (Å²) in [6, 6.07) is 0. The molecule has 0 amide bonds. The fourth-order valence-electron chi connectivity index (χ4n) is 0.321. The third-order valence-corrected chi connectivity index (χ3v) is 1.61. The zero-order valence-corrected chi connectivity index (χ0v) is 7.04. The van der Waals surface area contributed by atoms with Crippen LogP contribution >= 0.6 is 7.82 Å². The van der Waals surface area contributed by atoms with Crippen LogP contribution in [0, 0.1) is 0 Å². The maximum absolute atomic E-state index is 10.6. The summed E-state index contributed by atoms with van der Waals surface area (Å²) in [6.07, 6.45) is -1.25. The summed E-state index contributed by atoms with van der Waals surface area (Å²) in [7, 11) is -3.22. The van der Waals surface area contributed by atoms with Gasteiger partial charge in [-0.15, -0.1) is 0 Å². The summed E-state index contributed by atoms with van der Waals surface area (Å²) in [5.41, 5.74) is 0. The summed E-state index contributed by atoms with van der Waals surface area (Å²) in [6.45, 7) is 1.47. The third-order valence-electron chi connectivity index (χ3n) is 0.649. The lowest BCUT2D eigenvalue weighted by molar-refractivity contribution is 0.0969. The Kier molecular flexibility index (Phi) is 4.10. The van der Waals surface area contributed by atoms with Crippen LogP contribution in [-0.4, -0.2) is 24.8 Å². The van der Waals surface area contributed by atoms with E-state index in [9.17, 15) is 9.36 Å². The SMILES string of the molecule is CCOP(=O)(O)OC(=O)OC. The zero-order chi connectivity index (χ0) is 8.91. The van der Waals surface area contributed by atoms with Crippen molar-refractivity contribution in [3.63, 3.8) is 0 Å².